The van der Waals surface area contributed by atoms with E-state index in [0.29, 0.717) is 5.56 Å². The summed E-state index contributed by atoms with van der Waals surface area (Å²) in [6.07, 6.45) is 0.111. The van der Waals surface area contributed by atoms with E-state index in [4.69, 9.17) is 0 Å². The summed E-state index contributed by atoms with van der Waals surface area (Å²) in [5.41, 5.74) is 0.775. The van der Waals surface area contributed by atoms with Crippen LogP contribution in [0.4, 0.5) is 4.39 Å². The number of hydrogen-bond donors (Lipinski definition) is 1. The van der Waals surface area contributed by atoms with Crippen molar-refractivity contribution in [2.75, 3.05) is 0 Å². The summed E-state index contributed by atoms with van der Waals surface area (Å²) in [4.78, 5) is 22.2. The molecule has 14 heavy (non-hydrogen) atoms. The minimum atomic E-state index is -0.539. The number of benzene rings is 1. The SMILES string of the molecule is O=C1Cc2cc(Br)c(F)cc2C(=O)N1. The second-order valence-corrected chi connectivity index (χ2v) is 3.83. The van der Waals surface area contributed by atoms with Crippen molar-refractivity contribution in [1.82, 2.24) is 5.32 Å². The average molecular weight is 258 g/mol. The van der Waals surface area contributed by atoms with E-state index in [9.17, 15) is 14.0 Å². The van der Waals surface area contributed by atoms with Gasteiger partial charge in [0, 0.05) is 5.56 Å². The van der Waals surface area contributed by atoms with E-state index in [2.05, 4.69) is 21.2 Å². The van der Waals surface area contributed by atoms with Crippen molar-refractivity contribution < 1.29 is 14.0 Å². The van der Waals surface area contributed by atoms with Crippen molar-refractivity contribution in [3.05, 3.63) is 33.5 Å². The van der Waals surface area contributed by atoms with Crippen LogP contribution in [0.2, 0.25) is 0 Å². The summed E-state index contributed by atoms with van der Waals surface area (Å²) in [6, 6.07) is 2.59. The number of nitrogens with one attached hydrogen (secondary N) is 1. The van der Waals surface area contributed by atoms with Gasteiger partial charge in [0.15, 0.2) is 0 Å². The molecule has 0 saturated heterocycles. The van der Waals surface area contributed by atoms with E-state index >= 15 is 0 Å². The zero-order valence-electron chi connectivity index (χ0n) is 6.93. The fraction of sp³-hybridized carbons (Fsp3) is 0.111. The van der Waals surface area contributed by atoms with Crippen molar-refractivity contribution >= 4 is 27.7 Å². The highest BCUT2D eigenvalue weighted by Gasteiger charge is 2.23. The Labute approximate surface area is 87.4 Å². The van der Waals surface area contributed by atoms with E-state index in [0.717, 1.165) is 6.07 Å². The minimum Gasteiger partial charge on any atom is -0.292 e. The van der Waals surface area contributed by atoms with Crippen LogP contribution in [0.5, 0.6) is 0 Å². The molecule has 0 saturated carbocycles. The lowest BCUT2D eigenvalue weighted by atomic mass is 10.00. The Balaban J connectivity index is 2.60. The number of fused-ring (bicyclic) bond motifs is 1. The molecule has 1 aliphatic rings. The van der Waals surface area contributed by atoms with Crippen LogP contribution >= 0.6 is 15.9 Å². The summed E-state index contributed by atoms with van der Waals surface area (Å²) >= 11 is 3.00. The number of halogens is 2. The predicted molar refractivity (Wildman–Crippen MR) is 50.3 cm³/mol. The van der Waals surface area contributed by atoms with Crippen molar-refractivity contribution in [3.8, 4) is 0 Å². The van der Waals surface area contributed by atoms with Gasteiger partial charge in [-0.25, -0.2) is 4.39 Å². The summed E-state index contributed by atoms with van der Waals surface area (Å²) in [6.45, 7) is 0. The first-order chi connectivity index (χ1) is 6.58. The molecule has 1 aromatic rings. The second-order valence-electron chi connectivity index (χ2n) is 2.98. The van der Waals surface area contributed by atoms with Gasteiger partial charge < -0.3 is 0 Å². The van der Waals surface area contributed by atoms with Crippen LogP contribution in [0, 0.1) is 5.82 Å². The van der Waals surface area contributed by atoms with Crippen LogP contribution in [-0.2, 0) is 11.2 Å². The summed E-state index contributed by atoms with van der Waals surface area (Å²) in [5.74, 6) is -1.41. The second kappa shape index (κ2) is 3.16. The van der Waals surface area contributed by atoms with E-state index in [1.54, 1.807) is 0 Å². The zero-order valence-corrected chi connectivity index (χ0v) is 8.52. The number of imide groups is 1. The highest BCUT2D eigenvalue weighted by Crippen LogP contribution is 2.23. The normalized spacial score (nSPS) is 15.0. The predicted octanol–water partition coefficient (Wildman–Crippen LogP) is 1.40. The smallest absolute Gasteiger partial charge is 0.258 e. The van der Waals surface area contributed by atoms with Gasteiger partial charge in [0.2, 0.25) is 5.91 Å². The van der Waals surface area contributed by atoms with Gasteiger partial charge in [0.05, 0.1) is 10.9 Å². The van der Waals surface area contributed by atoms with E-state index < -0.39 is 11.7 Å². The molecule has 0 fully saturated rings. The van der Waals surface area contributed by atoms with Crippen LogP contribution in [0.3, 0.4) is 0 Å². The molecule has 0 aliphatic carbocycles. The maximum absolute atomic E-state index is 13.1. The Morgan fingerprint density at radius 2 is 2.07 bits per heavy atom. The number of amides is 2. The molecule has 0 aromatic heterocycles. The molecule has 0 unspecified atom stereocenters. The van der Waals surface area contributed by atoms with Crippen molar-refractivity contribution in [2.45, 2.75) is 6.42 Å². The topological polar surface area (TPSA) is 46.2 Å². The highest BCUT2D eigenvalue weighted by atomic mass is 79.9. The Morgan fingerprint density at radius 1 is 1.36 bits per heavy atom. The molecule has 72 valence electrons. The van der Waals surface area contributed by atoms with Crippen molar-refractivity contribution in [3.63, 3.8) is 0 Å². The lowest BCUT2D eigenvalue weighted by Crippen LogP contribution is -2.37. The Hall–Kier alpha value is -1.23. The van der Waals surface area contributed by atoms with E-state index in [1.165, 1.54) is 6.07 Å². The first-order valence-electron chi connectivity index (χ1n) is 3.90. The number of carbonyl (C=O) groups is 2. The van der Waals surface area contributed by atoms with Gasteiger partial charge in [-0.2, -0.15) is 0 Å². The molecule has 1 heterocycles. The third-order valence-corrected chi connectivity index (χ3v) is 2.60. The minimum absolute atomic E-state index is 0.111. The fourth-order valence-corrected chi connectivity index (χ4v) is 1.75. The largest absolute Gasteiger partial charge is 0.292 e. The molecular formula is C9H5BrFNO2. The van der Waals surface area contributed by atoms with Gasteiger partial charge in [-0.3, -0.25) is 14.9 Å². The van der Waals surface area contributed by atoms with Gasteiger partial charge in [0.25, 0.3) is 5.91 Å². The molecule has 0 bridgehead atoms. The lowest BCUT2D eigenvalue weighted by Gasteiger charge is -2.15. The quantitative estimate of drug-likeness (QED) is 0.715. The Kier molecular flexibility index (Phi) is 2.11. The Bertz CT molecular complexity index is 445. The molecule has 3 nitrogen and oxygen atoms in total. The third-order valence-electron chi connectivity index (χ3n) is 1.99. The van der Waals surface area contributed by atoms with Crippen LogP contribution in [0.15, 0.2) is 16.6 Å². The fourth-order valence-electron chi connectivity index (χ4n) is 1.36. The first-order valence-corrected chi connectivity index (χ1v) is 4.69. The average Bonchev–Trinajstić information content (AvgIpc) is 2.08. The molecule has 0 spiro atoms. The number of hydrogen-bond acceptors (Lipinski definition) is 2. The molecule has 1 aromatic carbocycles. The van der Waals surface area contributed by atoms with Crippen LogP contribution < -0.4 is 5.32 Å². The summed E-state index contributed by atoms with van der Waals surface area (Å²) in [5, 5.41) is 2.12. The number of carbonyl (C=O) groups excluding carboxylic acids is 2. The zero-order chi connectivity index (χ0) is 10.3. The highest BCUT2D eigenvalue weighted by molar-refractivity contribution is 9.10. The van der Waals surface area contributed by atoms with Crippen molar-refractivity contribution in [1.29, 1.82) is 0 Å². The maximum atomic E-state index is 13.1. The van der Waals surface area contributed by atoms with Crippen LogP contribution in [-0.4, -0.2) is 11.8 Å². The Morgan fingerprint density at radius 3 is 2.79 bits per heavy atom. The molecule has 1 aliphatic heterocycles. The molecule has 5 heteroatoms. The lowest BCUT2D eigenvalue weighted by molar-refractivity contribution is -0.119. The molecular weight excluding hydrogens is 253 g/mol. The third kappa shape index (κ3) is 1.43. The number of rotatable bonds is 0. The summed E-state index contributed by atoms with van der Waals surface area (Å²) in [7, 11) is 0. The molecule has 2 amide bonds. The first kappa shape index (κ1) is 9.33. The van der Waals surface area contributed by atoms with Gasteiger partial charge in [0.1, 0.15) is 5.82 Å². The summed E-state index contributed by atoms with van der Waals surface area (Å²) < 4.78 is 13.3. The molecule has 0 radical (unpaired) electrons. The van der Waals surface area contributed by atoms with Crippen LogP contribution in [0.1, 0.15) is 15.9 Å². The van der Waals surface area contributed by atoms with Crippen molar-refractivity contribution in [2.24, 2.45) is 0 Å². The van der Waals surface area contributed by atoms with E-state index in [-0.39, 0.29) is 22.4 Å². The maximum Gasteiger partial charge on any atom is 0.258 e. The molecule has 0 atom stereocenters. The van der Waals surface area contributed by atoms with Crippen LogP contribution in [0.25, 0.3) is 0 Å². The van der Waals surface area contributed by atoms with Gasteiger partial charge in [-0.15, -0.1) is 0 Å². The van der Waals surface area contributed by atoms with Gasteiger partial charge >= 0.3 is 0 Å². The van der Waals surface area contributed by atoms with Gasteiger partial charge in [-0.1, -0.05) is 0 Å². The van der Waals surface area contributed by atoms with Gasteiger partial charge in [-0.05, 0) is 33.6 Å². The standard InChI is InChI=1S/C9H5BrFNO2/c10-6-1-4-2-8(13)12-9(14)5(4)3-7(6)11/h1,3H,2H2,(H,12,13,14). The molecule has 1 N–H and O–H groups in total. The molecule has 2 rings (SSSR count). The monoisotopic (exact) mass is 257 g/mol. The van der Waals surface area contributed by atoms with E-state index in [1.807, 2.05) is 0 Å².